The molecule has 1 amide bonds. The lowest BCUT2D eigenvalue weighted by molar-refractivity contribution is -0.184. The summed E-state index contributed by atoms with van der Waals surface area (Å²) in [7, 11) is 0. The van der Waals surface area contributed by atoms with Crippen molar-refractivity contribution in [2.75, 3.05) is 23.4 Å². The van der Waals surface area contributed by atoms with Gasteiger partial charge in [0.15, 0.2) is 10.8 Å². The van der Waals surface area contributed by atoms with Crippen molar-refractivity contribution < 1.29 is 41.8 Å². The van der Waals surface area contributed by atoms with Crippen LogP contribution in [0.25, 0.3) is 21.3 Å². The summed E-state index contributed by atoms with van der Waals surface area (Å²) in [5, 5.41) is 3.50. The number of hydrogen-bond donors (Lipinski definition) is 1. The molecule has 4 aromatic carbocycles. The van der Waals surface area contributed by atoms with Crippen LogP contribution in [0, 0.1) is 12.8 Å². The van der Waals surface area contributed by atoms with Crippen LogP contribution < -0.4 is 15.0 Å². The van der Waals surface area contributed by atoms with E-state index in [2.05, 4.69) is 10.3 Å². The van der Waals surface area contributed by atoms with Gasteiger partial charge >= 0.3 is 18.1 Å². The Labute approximate surface area is 355 Å². The van der Waals surface area contributed by atoms with Crippen LogP contribution >= 0.6 is 11.3 Å². The summed E-state index contributed by atoms with van der Waals surface area (Å²) in [6.45, 7) is 9.72. The van der Waals surface area contributed by atoms with Crippen LogP contribution in [-0.2, 0) is 33.7 Å². The fourth-order valence-electron chi connectivity index (χ4n) is 7.25. The highest BCUT2D eigenvalue weighted by atomic mass is 32.1. The average Bonchev–Trinajstić information content (AvgIpc) is 3.63. The fraction of sp³-hybridized carbons (Fsp3) is 0.298. The Morgan fingerprint density at radius 3 is 2.36 bits per heavy atom. The lowest BCUT2D eigenvalue weighted by Gasteiger charge is -2.31. The second kappa shape index (κ2) is 17.7. The third-order valence-corrected chi connectivity index (χ3v) is 11.2. The predicted molar refractivity (Wildman–Crippen MR) is 229 cm³/mol. The molecular weight excluding hydrogens is 806 g/mol. The molecule has 1 aliphatic heterocycles. The van der Waals surface area contributed by atoms with Crippen molar-refractivity contribution in [2.45, 2.75) is 72.2 Å². The van der Waals surface area contributed by atoms with Crippen molar-refractivity contribution in [1.82, 2.24) is 9.97 Å². The van der Waals surface area contributed by atoms with Crippen molar-refractivity contribution >= 4 is 50.3 Å². The van der Waals surface area contributed by atoms with Gasteiger partial charge in [-0.15, -0.1) is 0 Å². The van der Waals surface area contributed by atoms with Crippen LogP contribution in [0.3, 0.4) is 0 Å². The van der Waals surface area contributed by atoms with E-state index in [1.165, 1.54) is 11.3 Å². The molecule has 7 rings (SSSR count). The van der Waals surface area contributed by atoms with Gasteiger partial charge in [-0.25, -0.2) is 14.8 Å². The van der Waals surface area contributed by atoms with E-state index >= 15 is 0 Å². The van der Waals surface area contributed by atoms with Crippen molar-refractivity contribution in [1.29, 1.82) is 0 Å². The van der Waals surface area contributed by atoms with E-state index < -0.39 is 36.1 Å². The average molecular weight is 851 g/mol. The third kappa shape index (κ3) is 10.2. The Kier molecular flexibility index (Phi) is 12.5. The number of anilines is 2. The first-order valence-electron chi connectivity index (χ1n) is 19.9. The molecule has 0 spiro atoms. The number of fused-ring (bicyclic) bond motifs is 2. The monoisotopic (exact) mass is 850 g/mol. The molecule has 0 aliphatic carbocycles. The highest BCUT2D eigenvalue weighted by Gasteiger charge is 2.41. The molecule has 3 heterocycles. The summed E-state index contributed by atoms with van der Waals surface area (Å²) in [6, 6.07) is 28.7. The van der Waals surface area contributed by atoms with E-state index in [1.54, 1.807) is 70.2 Å². The summed E-state index contributed by atoms with van der Waals surface area (Å²) in [5.74, 6) is -2.26. The number of hydrogen-bond acceptors (Lipinski definition) is 10. The molecule has 6 aromatic rings. The van der Waals surface area contributed by atoms with Gasteiger partial charge in [-0.05, 0) is 124 Å². The molecular formula is C47H45F3N4O6S. The van der Waals surface area contributed by atoms with Crippen molar-refractivity contribution in [3.05, 3.63) is 131 Å². The van der Waals surface area contributed by atoms with Gasteiger partial charge in [0.1, 0.15) is 22.9 Å². The van der Waals surface area contributed by atoms with E-state index in [1.807, 2.05) is 66.4 Å². The smallest absolute Gasteiger partial charge is 0.392 e. The Balaban J connectivity index is 1.13. The maximum absolute atomic E-state index is 13.9. The zero-order chi connectivity index (χ0) is 43.5. The molecule has 0 fully saturated rings. The number of nitrogens with one attached hydrogen (secondary N) is 1. The molecule has 2 aromatic heterocycles. The van der Waals surface area contributed by atoms with Crippen LogP contribution in [0.15, 0.2) is 97.1 Å². The van der Waals surface area contributed by atoms with Crippen molar-refractivity contribution in [3.63, 3.8) is 0 Å². The van der Waals surface area contributed by atoms with E-state index in [4.69, 9.17) is 19.2 Å². The number of carbonyl (C=O) groups excluding carboxylic acids is 3. The summed E-state index contributed by atoms with van der Waals surface area (Å²) in [6.07, 6.45) is -5.08. The van der Waals surface area contributed by atoms with Gasteiger partial charge in [0.05, 0.1) is 29.2 Å². The molecule has 10 nitrogen and oxygen atoms in total. The number of ether oxygens (including phenoxy) is 3. The molecule has 14 heteroatoms. The summed E-state index contributed by atoms with van der Waals surface area (Å²) in [5.41, 5.74) is 4.82. The third-order valence-electron chi connectivity index (χ3n) is 10.2. The highest BCUT2D eigenvalue weighted by molar-refractivity contribution is 7.22. The minimum absolute atomic E-state index is 0.00527. The maximum Gasteiger partial charge on any atom is 0.392 e. The quantitative estimate of drug-likeness (QED) is 0.120. The van der Waals surface area contributed by atoms with Crippen molar-refractivity contribution in [3.8, 4) is 22.6 Å². The SMILES string of the molecule is CCOC(=O)C[C@@H](Cc1ccc(Oc2cccc(-c3ccc(N4CCc5cccc(C(=O)Nc6nc7ccccc7s6)c5C4)nc3C(=O)OC(C)(C)C)c2C)cc1)C(F)(F)F. The maximum atomic E-state index is 13.9. The molecule has 316 valence electrons. The van der Waals surface area contributed by atoms with Gasteiger partial charge < -0.3 is 19.1 Å². The minimum Gasteiger partial charge on any atom is -0.466 e. The number of pyridine rings is 1. The van der Waals surface area contributed by atoms with Gasteiger partial charge in [-0.2, -0.15) is 13.2 Å². The molecule has 0 bridgehead atoms. The number of alkyl halides is 3. The summed E-state index contributed by atoms with van der Waals surface area (Å²) < 4.78 is 59.2. The van der Waals surface area contributed by atoms with E-state index in [-0.39, 0.29) is 24.6 Å². The van der Waals surface area contributed by atoms with Crippen LogP contribution in [0.1, 0.15) is 77.2 Å². The largest absolute Gasteiger partial charge is 0.466 e. The van der Waals surface area contributed by atoms with Gasteiger partial charge in [0, 0.05) is 24.2 Å². The fourth-order valence-corrected chi connectivity index (χ4v) is 8.11. The topological polar surface area (TPSA) is 120 Å². The Morgan fingerprint density at radius 1 is 0.885 bits per heavy atom. The predicted octanol–water partition coefficient (Wildman–Crippen LogP) is 10.9. The number of aromatic nitrogens is 2. The number of esters is 2. The summed E-state index contributed by atoms with van der Waals surface area (Å²) in [4.78, 5) is 51.0. The number of halogens is 3. The van der Waals surface area contributed by atoms with E-state index in [0.717, 1.165) is 21.3 Å². The number of benzene rings is 4. The Hall–Kier alpha value is -6.28. The highest BCUT2D eigenvalue weighted by Crippen LogP contribution is 2.38. The molecule has 0 radical (unpaired) electrons. The second-order valence-electron chi connectivity index (χ2n) is 15.7. The van der Waals surface area contributed by atoms with E-state index in [9.17, 15) is 27.6 Å². The number of thiazole rings is 1. The van der Waals surface area contributed by atoms with Crippen LogP contribution in [-0.4, -0.2) is 52.7 Å². The van der Waals surface area contributed by atoms with Crippen molar-refractivity contribution in [2.24, 2.45) is 5.92 Å². The lowest BCUT2D eigenvalue weighted by Crippen LogP contribution is -2.33. The number of nitrogens with zero attached hydrogens (tertiary/aromatic N) is 3. The second-order valence-corrected chi connectivity index (χ2v) is 16.8. The number of rotatable bonds is 12. The Bertz CT molecular complexity index is 2550. The number of para-hydroxylation sites is 1. The lowest BCUT2D eigenvalue weighted by atomic mass is 9.94. The molecule has 1 N–H and O–H groups in total. The summed E-state index contributed by atoms with van der Waals surface area (Å²) >= 11 is 1.41. The first-order chi connectivity index (χ1) is 29.1. The Morgan fingerprint density at radius 2 is 1.64 bits per heavy atom. The van der Waals surface area contributed by atoms with Crippen LogP contribution in [0.4, 0.5) is 24.1 Å². The molecule has 0 saturated heterocycles. The normalized spacial score (nSPS) is 13.3. The van der Waals surface area contributed by atoms with Gasteiger partial charge in [0.2, 0.25) is 0 Å². The standard InChI is InChI=1S/C47H45F3N4O6S/c1-6-58-41(55)26-31(47(48,49)50)25-29-17-19-32(20-18-29)59-38-15-10-12-33(28(38)2)34-21-22-40(52-42(34)44(57)60-46(3,4)5)54-24-23-30-11-9-13-35(36(30)27-54)43(56)53-45-51-37-14-7-8-16-39(37)61-45/h7-22,31H,6,23-27H2,1-5H3,(H,51,53,56)/t31-/m1/s1. The van der Waals surface area contributed by atoms with Gasteiger partial charge in [-0.1, -0.05) is 59.9 Å². The van der Waals surface area contributed by atoms with Gasteiger partial charge in [-0.3, -0.25) is 14.9 Å². The number of carbonyl (C=O) groups is 3. The van der Waals surface area contributed by atoms with Crippen LogP contribution in [0.2, 0.25) is 0 Å². The van der Waals surface area contributed by atoms with Gasteiger partial charge in [0.25, 0.3) is 5.91 Å². The molecule has 61 heavy (non-hydrogen) atoms. The molecule has 0 unspecified atom stereocenters. The molecule has 1 atom stereocenters. The van der Waals surface area contributed by atoms with Crippen LogP contribution in [0.5, 0.6) is 11.5 Å². The molecule has 0 saturated carbocycles. The number of amides is 1. The zero-order valence-corrected chi connectivity index (χ0v) is 35.2. The first kappa shape index (κ1) is 42.8. The molecule has 1 aliphatic rings. The van der Waals surface area contributed by atoms with E-state index in [0.29, 0.717) is 69.8 Å². The minimum atomic E-state index is -4.58. The first-order valence-corrected chi connectivity index (χ1v) is 20.7. The zero-order valence-electron chi connectivity index (χ0n) is 34.4.